The normalized spacial score (nSPS) is 14.0. The smallest absolute Gasteiger partial charge is 0.127 e. The van der Waals surface area contributed by atoms with Crippen LogP contribution in [0.5, 0.6) is 5.75 Å². The van der Waals surface area contributed by atoms with E-state index in [2.05, 4.69) is 88.1 Å². The van der Waals surface area contributed by atoms with Gasteiger partial charge in [-0.15, -0.1) is 0 Å². The highest BCUT2D eigenvalue weighted by Gasteiger charge is 2.34. The molecule has 0 fully saturated rings. The van der Waals surface area contributed by atoms with Crippen molar-refractivity contribution in [2.45, 2.75) is 33.4 Å². The summed E-state index contributed by atoms with van der Waals surface area (Å²) < 4.78 is 6.28. The van der Waals surface area contributed by atoms with Crippen LogP contribution in [0.15, 0.2) is 78.0 Å². The summed E-state index contributed by atoms with van der Waals surface area (Å²) in [5, 5.41) is 2.99. The van der Waals surface area contributed by atoms with Crippen molar-refractivity contribution in [3.63, 3.8) is 0 Å². The van der Waals surface area contributed by atoms with E-state index in [0.717, 1.165) is 12.2 Å². The zero-order chi connectivity index (χ0) is 18.7. The zero-order valence-corrected chi connectivity index (χ0v) is 17.3. The van der Waals surface area contributed by atoms with Crippen LogP contribution in [0.3, 0.4) is 0 Å². The number of ether oxygens (including phenoxy) is 1. The molecule has 0 bridgehead atoms. The summed E-state index contributed by atoms with van der Waals surface area (Å²) in [6.45, 7) is 13.7. The summed E-state index contributed by atoms with van der Waals surface area (Å²) >= 11 is 0. The van der Waals surface area contributed by atoms with E-state index in [4.69, 9.17) is 4.74 Å². The lowest BCUT2D eigenvalue weighted by atomic mass is 10.0. The first-order chi connectivity index (χ1) is 12.4. The molecule has 0 unspecified atom stereocenters. The fraction of sp³-hybridized carbons (Fsp3) is 0.250. The molecule has 3 rings (SSSR count). The van der Waals surface area contributed by atoms with E-state index in [1.54, 1.807) is 5.20 Å². The average Bonchev–Trinajstić information content (AvgIpc) is 3.07. The molecule has 1 nitrogen and oxygen atoms in total. The molecule has 134 valence electrons. The summed E-state index contributed by atoms with van der Waals surface area (Å²) in [6.07, 6.45) is 7.45. The lowest BCUT2D eigenvalue weighted by Gasteiger charge is -2.30. The quantitative estimate of drug-likeness (QED) is 0.456. The van der Waals surface area contributed by atoms with Crippen LogP contribution < -0.4 is 9.92 Å². The number of hydrogen-bond donors (Lipinski definition) is 0. The van der Waals surface area contributed by atoms with Gasteiger partial charge < -0.3 is 4.74 Å². The third kappa shape index (κ3) is 3.47. The molecule has 2 aromatic carbocycles. The summed E-state index contributed by atoms with van der Waals surface area (Å²) in [7, 11) is -1.84. The van der Waals surface area contributed by atoms with Gasteiger partial charge in [0.1, 0.15) is 20.4 Å². The third-order valence-electron chi connectivity index (χ3n) is 5.26. The lowest BCUT2D eigenvalue weighted by Crippen LogP contribution is -2.45. The maximum absolute atomic E-state index is 6.28. The minimum atomic E-state index is -1.84. The molecule has 1 aliphatic rings. The van der Waals surface area contributed by atoms with Gasteiger partial charge in [0.15, 0.2) is 0 Å². The zero-order valence-electron chi connectivity index (χ0n) is 16.3. The van der Waals surface area contributed by atoms with E-state index in [0.29, 0.717) is 6.61 Å². The molecule has 0 aliphatic heterocycles. The van der Waals surface area contributed by atoms with Gasteiger partial charge in [0, 0.05) is 5.56 Å². The minimum Gasteiger partial charge on any atom is -0.489 e. The van der Waals surface area contributed by atoms with Gasteiger partial charge in [0.05, 0.1) is 0 Å². The van der Waals surface area contributed by atoms with E-state index in [1.807, 2.05) is 6.08 Å². The summed E-state index contributed by atoms with van der Waals surface area (Å²) in [5.74, 6) is 1.03. The molecule has 0 radical (unpaired) electrons. The predicted molar refractivity (Wildman–Crippen MR) is 116 cm³/mol. The third-order valence-corrected chi connectivity index (χ3v) is 9.08. The van der Waals surface area contributed by atoms with Gasteiger partial charge in [-0.25, -0.2) is 0 Å². The SMILES string of the molecule is C=CCOc1c(-c2ccccc2)cc(C)cc1[Si](C)(C)C1=C(C)C=CC1. The predicted octanol–water partition coefficient (Wildman–Crippen LogP) is 5.96. The number of hydrogen-bond acceptors (Lipinski definition) is 1. The Balaban J connectivity index is 2.23. The molecular weight excluding hydrogens is 332 g/mol. The highest BCUT2D eigenvalue weighted by Crippen LogP contribution is 2.35. The molecule has 0 saturated heterocycles. The molecule has 2 heteroatoms. The molecule has 0 saturated carbocycles. The molecular formula is C24H28OSi. The fourth-order valence-electron chi connectivity index (χ4n) is 3.89. The number of allylic oxidation sites excluding steroid dienone is 4. The van der Waals surface area contributed by atoms with Crippen molar-refractivity contribution in [3.8, 4) is 16.9 Å². The molecule has 0 heterocycles. The van der Waals surface area contributed by atoms with Crippen LogP contribution in [0.1, 0.15) is 18.9 Å². The average molecular weight is 361 g/mol. The molecule has 26 heavy (non-hydrogen) atoms. The van der Waals surface area contributed by atoms with Crippen LogP contribution in [0.2, 0.25) is 13.1 Å². The van der Waals surface area contributed by atoms with Gasteiger partial charge in [-0.1, -0.05) is 90.6 Å². The lowest BCUT2D eigenvalue weighted by molar-refractivity contribution is 0.367. The highest BCUT2D eigenvalue weighted by atomic mass is 28.3. The fourth-order valence-corrected chi connectivity index (χ4v) is 7.28. The van der Waals surface area contributed by atoms with Crippen molar-refractivity contribution in [1.29, 1.82) is 0 Å². The minimum absolute atomic E-state index is 0.524. The van der Waals surface area contributed by atoms with Crippen molar-refractivity contribution in [2.24, 2.45) is 0 Å². The monoisotopic (exact) mass is 360 g/mol. The Hall–Kier alpha value is -2.32. The van der Waals surface area contributed by atoms with Crippen molar-refractivity contribution >= 4 is 13.3 Å². The second kappa shape index (κ2) is 7.51. The second-order valence-corrected chi connectivity index (χ2v) is 11.9. The van der Waals surface area contributed by atoms with E-state index in [1.165, 1.54) is 27.5 Å². The van der Waals surface area contributed by atoms with Gasteiger partial charge in [0.2, 0.25) is 0 Å². The van der Waals surface area contributed by atoms with Gasteiger partial charge in [-0.05, 0) is 37.1 Å². The van der Waals surface area contributed by atoms with Crippen LogP contribution in [-0.2, 0) is 0 Å². The van der Waals surface area contributed by atoms with E-state index in [9.17, 15) is 0 Å². The van der Waals surface area contributed by atoms with Crippen LogP contribution in [0.4, 0.5) is 0 Å². The Morgan fingerprint density at radius 1 is 1.12 bits per heavy atom. The maximum atomic E-state index is 6.28. The van der Waals surface area contributed by atoms with E-state index >= 15 is 0 Å². The Bertz CT molecular complexity index is 873. The first-order valence-electron chi connectivity index (χ1n) is 9.26. The summed E-state index contributed by atoms with van der Waals surface area (Å²) in [6, 6.07) is 15.1. The standard InChI is InChI=1S/C24H28OSi/c1-6-15-25-24-21(20-12-8-7-9-13-20)16-18(2)17-23(24)26(4,5)22-14-10-11-19(22)3/h6-13,16-17H,1,14-15H2,2-5H3. The molecule has 0 atom stereocenters. The number of aryl methyl sites for hydroxylation is 1. The van der Waals surface area contributed by atoms with Crippen LogP contribution >= 0.6 is 0 Å². The molecule has 0 spiro atoms. The topological polar surface area (TPSA) is 9.23 Å². The Labute approximate surface area is 158 Å². The van der Waals surface area contributed by atoms with Gasteiger partial charge in [-0.3, -0.25) is 0 Å². The Morgan fingerprint density at radius 3 is 2.46 bits per heavy atom. The summed E-state index contributed by atoms with van der Waals surface area (Å²) in [5.41, 5.74) is 5.11. The second-order valence-electron chi connectivity index (χ2n) is 7.55. The van der Waals surface area contributed by atoms with E-state index < -0.39 is 8.07 Å². The van der Waals surface area contributed by atoms with Crippen molar-refractivity contribution < 1.29 is 4.74 Å². The van der Waals surface area contributed by atoms with E-state index in [-0.39, 0.29) is 0 Å². The Morgan fingerprint density at radius 2 is 1.85 bits per heavy atom. The Kier molecular flexibility index (Phi) is 5.33. The first kappa shape index (κ1) is 18.5. The highest BCUT2D eigenvalue weighted by molar-refractivity contribution is 6.96. The van der Waals surface area contributed by atoms with Crippen LogP contribution in [0.25, 0.3) is 11.1 Å². The van der Waals surface area contributed by atoms with Crippen molar-refractivity contribution in [1.82, 2.24) is 0 Å². The molecule has 0 amide bonds. The van der Waals surface area contributed by atoms with Crippen molar-refractivity contribution in [2.75, 3.05) is 6.61 Å². The van der Waals surface area contributed by atoms with Crippen LogP contribution in [-0.4, -0.2) is 14.7 Å². The molecule has 0 aromatic heterocycles. The maximum Gasteiger partial charge on any atom is 0.127 e. The summed E-state index contributed by atoms with van der Waals surface area (Å²) in [4.78, 5) is 0. The van der Waals surface area contributed by atoms with Crippen LogP contribution in [0, 0.1) is 6.92 Å². The van der Waals surface area contributed by atoms with Gasteiger partial charge in [-0.2, -0.15) is 0 Å². The first-order valence-corrected chi connectivity index (χ1v) is 12.3. The largest absolute Gasteiger partial charge is 0.489 e. The molecule has 2 aromatic rings. The molecule has 1 aliphatic carbocycles. The van der Waals surface area contributed by atoms with Gasteiger partial charge in [0.25, 0.3) is 0 Å². The number of rotatable bonds is 6. The number of benzene rings is 2. The van der Waals surface area contributed by atoms with Crippen molar-refractivity contribution in [3.05, 3.63) is 83.6 Å². The molecule has 0 N–H and O–H groups in total. The van der Waals surface area contributed by atoms with Gasteiger partial charge >= 0.3 is 0 Å².